The van der Waals surface area contributed by atoms with Gasteiger partial charge in [-0.2, -0.15) is 0 Å². The minimum Gasteiger partial charge on any atom is -0.494 e. The molecule has 18 heavy (non-hydrogen) atoms. The van der Waals surface area contributed by atoms with Crippen LogP contribution in [-0.4, -0.2) is 17.7 Å². The largest absolute Gasteiger partial charge is 0.494 e. The quantitative estimate of drug-likeness (QED) is 0.807. The summed E-state index contributed by atoms with van der Waals surface area (Å²) in [5, 5.41) is 9.18. The molecule has 1 unspecified atom stereocenters. The molecule has 1 atom stereocenters. The highest BCUT2D eigenvalue weighted by molar-refractivity contribution is 5.70. The van der Waals surface area contributed by atoms with E-state index in [2.05, 4.69) is 6.92 Å². The van der Waals surface area contributed by atoms with Crippen LogP contribution in [0.3, 0.4) is 0 Å². The van der Waals surface area contributed by atoms with Gasteiger partial charge in [0.05, 0.1) is 12.5 Å². The molecule has 3 nitrogen and oxygen atoms in total. The van der Waals surface area contributed by atoms with Crippen LogP contribution in [0.1, 0.15) is 32.8 Å². The molecule has 0 saturated carbocycles. The van der Waals surface area contributed by atoms with E-state index in [9.17, 15) is 9.90 Å². The van der Waals surface area contributed by atoms with Crippen molar-refractivity contribution < 1.29 is 14.6 Å². The van der Waals surface area contributed by atoms with Gasteiger partial charge in [0.2, 0.25) is 0 Å². The lowest BCUT2D eigenvalue weighted by Gasteiger charge is -2.16. The van der Waals surface area contributed by atoms with Crippen LogP contribution in [0.5, 0.6) is 5.75 Å². The van der Waals surface area contributed by atoms with Crippen molar-refractivity contribution in [3.05, 3.63) is 29.8 Å². The van der Waals surface area contributed by atoms with Crippen LogP contribution in [0, 0.1) is 11.8 Å². The lowest BCUT2D eigenvalue weighted by Crippen LogP contribution is -2.22. The van der Waals surface area contributed by atoms with Gasteiger partial charge in [-0.3, -0.25) is 4.79 Å². The van der Waals surface area contributed by atoms with E-state index in [1.54, 1.807) is 0 Å². The molecular weight excluding hydrogens is 228 g/mol. The molecule has 1 aromatic carbocycles. The normalized spacial score (nSPS) is 12.4. The van der Waals surface area contributed by atoms with Gasteiger partial charge in [-0.05, 0) is 36.5 Å². The number of carboxylic acids is 1. The number of ether oxygens (including phenoxy) is 1. The highest BCUT2D eigenvalue weighted by atomic mass is 16.5. The average Bonchev–Trinajstić information content (AvgIpc) is 2.33. The Kier molecular flexibility index (Phi) is 5.69. The molecule has 0 saturated heterocycles. The molecule has 0 fully saturated rings. The molecule has 0 aromatic heterocycles. The third kappa shape index (κ3) is 4.40. The number of rotatable bonds is 7. The van der Waals surface area contributed by atoms with Crippen LogP contribution in [0.2, 0.25) is 0 Å². The average molecular weight is 250 g/mol. The molecule has 1 N–H and O–H groups in total. The maximum absolute atomic E-state index is 11.2. The first-order valence-electron chi connectivity index (χ1n) is 6.49. The van der Waals surface area contributed by atoms with Gasteiger partial charge in [0, 0.05) is 0 Å². The highest BCUT2D eigenvalue weighted by Crippen LogP contribution is 2.21. The fraction of sp³-hybridized carbons (Fsp3) is 0.533. The Labute approximate surface area is 109 Å². The molecule has 0 heterocycles. The Morgan fingerprint density at radius 2 is 2.11 bits per heavy atom. The lowest BCUT2D eigenvalue weighted by atomic mass is 9.89. The fourth-order valence-corrected chi connectivity index (χ4v) is 1.84. The number of aliphatic carboxylic acids is 1. The maximum atomic E-state index is 11.2. The predicted molar refractivity (Wildman–Crippen MR) is 71.9 cm³/mol. The monoisotopic (exact) mass is 250 g/mol. The van der Waals surface area contributed by atoms with Gasteiger partial charge >= 0.3 is 5.97 Å². The third-order valence-electron chi connectivity index (χ3n) is 2.95. The fourth-order valence-electron chi connectivity index (χ4n) is 1.84. The Bertz CT molecular complexity index is 385. The van der Waals surface area contributed by atoms with E-state index >= 15 is 0 Å². The van der Waals surface area contributed by atoms with Crippen molar-refractivity contribution in [2.24, 2.45) is 11.8 Å². The molecule has 1 aromatic rings. The molecule has 0 spiro atoms. The summed E-state index contributed by atoms with van der Waals surface area (Å²) in [6, 6.07) is 7.72. The van der Waals surface area contributed by atoms with Crippen molar-refractivity contribution in [2.75, 3.05) is 6.61 Å². The van der Waals surface area contributed by atoms with Gasteiger partial charge in [0.25, 0.3) is 0 Å². The van der Waals surface area contributed by atoms with Crippen molar-refractivity contribution in [2.45, 2.75) is 33.6 Å². The number of hydrogen-bond acceptors (Lipinski definition) is 2. The second-order valence-electron chi connectivity index (χ2n) is 4.89. The van der Waals surface area contributed by atoms with Crippen molar-refractivity contribution >= 4 is 5.97 Å². The zero-order valence-corrected chi connectivity index (χ0v) is 11.3. The summed E-state index contributed by atoms with van der Waals surface area (Å²) in [5.41, 5.74) is 1.02. The van der Waals surface area contributed by atoms with Crippen molar-refractivity contribution in [3.63, 3.8) is 0 Å². The zero-order valence-electron chi connectivity index (χ0n) is 11.3. The van der Waals surface area contributed by atoms with E-state index < -0.39 is 5.97 Å². The number of carboxylic acid groups (broad SMARTS) is 1. The Hall–Kier alpha value is -1.51. The summed E-state index contributed by atoms with van der Waals surface area (Å²) in [6.45, 7) is 6.63. The first-order valence-corrected chi connectivity index (χ1v) is 6.49. The molecule has 3 heteroatoms. The molecule has 0 amide bonds. The van der Waals surface area contributed by atoms with E-state index in [-0.39, 0.29) is 11.8 Å². The van der Waals surface area contributed by atoms with Crippen LogP contribution in [-0.2, 0) is 11.2 Å². The van der Waals surface area contributed by atoms with Gasteiger partial charge in [0.1, 0.15) is 5.75 Å². The van der Waals surface area contributed by atoms with E-state index in [1.807, 2.05) is 38.1 Å². The Morgan fingerprint density at radius 1 is 1.39 bits per heavy atom. The van der Waals surface area contributed by atoms with Crippen LogP contribution in [0.4, 0.5) is 0 Å². The highest BCUT2D eigenvalue weighted by Gasteiger charge is 2.21. The summed E-state index contributed by atoms with van der Waals surface area (Å²) in [7, 11) is 0. The predicted octanol–water partition coefficient (Wildman–Crippen LogP) is 3.37. The topological polar surface area (TPSA) is 46.5 Å². The van der Waals surface area contributed by atoms with Crippen LogP contribution >= 0.6 is 0 Å². The van der Waals surface area contributed by atoms with E-state index in [1.165, 1.54) is 0 Å². The molecule has 0 aliphatic heterocycles. The smallest absolute Gasteiger partial charge is 0.307 e. The van der Waals surface area contributed by atoms with Crippen LogP contribution in [0.15, 0.2) is 24.3 Å². The van der Waals surface area contributed by atoms with E-state index in [0.29, 0.717) is 13.0 Å². The van der Waals surface area contributed by atoms with Crippen molar-refractivity contribution in [1.29, 1.82) is 0 Å². The third-order valence-corrected chi connectivity index (χ3v) is 2.95. The van der Waals surface area contributed by atoms with Gasteiger partial charge in [0.15, 0.2) is 0 Å². The maximum Gasteiger partial charge on any atom is 0.307 e. The minimum atomic E-state index is -0.732. The van der Waals surface area contributed by atoms with E-state index in [0.717, 1.165) is 17.7 Å². The van der Waals surface area contributed by atoms with Gasteiger partial charge in [-0.15, -0.1) is 0 Å². The molecule has 0 aliphatic carbocycles. The number of hydrogen-bond donors (Lipinski definition) is 1. The molecule has 100 valence electrons. The summed E-state index contributed by atoms with van der Waals surface area (Å²) >= 11 is 0. The van der Waals surface area contributed by atoms with Crippen LogP contribution in [0.25, 0.3) is 0 Å². The number of benzene rings is 1. The van der Waals surface area contributed by atoms with Crippen molar-refractivity contribution in [1.82, 2.24) is 0 Å². The van der Waals surface area contributed by atoms with Crippen LogP contribution < -0.4 is 4.74 Å². The SMILES string of the molecule is CCCOc1cccc(CC(C(=O)O)C(C)C)c1. The lowest BCUT2D eigenvalue weighted by molar-refractivity contribution is -0.143. The first kappa shape index (κ1) is 14.6. The molecular formula is C15H22O3. The summed E-state index contributed by atoms with van der Waals surface area (Å²) in [6.07, 6.45) is 1.52. The Balaban J connectivity index is 2.74. The van der Waals surface area contributed by atoms with Crippen molar-refractivity contribution in [3.8, 4) is 5.75 Å². The minimum absolute atomic E-state index is 0.128. The zero-order chi connectivity index (χ0) is 13.5. The summed E-state index contributed by atoms with van der Waals surface area (Å²) in [4.78, 5) is 11.2. The standard InChI is InChI=1S/C15H22O3/c1-4-8-18-13-7-5-6-12(9-13)10-14(11(2)3)15(16)17/h5-7,9,11,14H,4,8,10H2,1-3H3,(H,16,17). The molecule has 0 aliphatic rings. The second-order valence-corrected chi connectivity index (χ2v) is 4.89. The summed E-state index contributed by atoms with van der Waals surface area (Å²) < 4.78 is 5.55. The second kappa shape index (κ2) is 7.04. The Morgan fingerprint density at radius 3 is 2.67 bits per heavy atom. The molecule has 1 rings (SSSR count). The van der Waals surface area contributed by atoms with Gasteiger partial charge in [-0.1, -0.05) is 32.9 Å². The number of carbonyl (C=O) groups is 1. The van der Waals surface area contributed by atoms with E-state index in [4.69, 9.17) is 4.74 Å². The molecule has 0 radical (unpaired) electrons. The molecule has 0 bridgehead atoms. The van der Waals surface area contributed by atoms with Gasteiger partial charge in [-0.25, -0.2) is 0 Å². The van der Waals surface area contributed by atoms with Gasteiger partial charge < -0.3 is 9.84 Å². The first-order chi connectivity index (χ1) is 8.54. The summed E-state index contributed by atoms with van der Waals surface area (Å²) in [5.74, 6) is -0.124.